The molecule has 2 aliphatic heterocycles. The fraction of sp³-hybridized carbons (Fsp3) is 0.524. The molecule has 202 valence electrons. The third-order valence-electron chi connectivity index (χ3n) is 5.72. The molecular formula is C21H22F3N3O10. The summed E-state index contributed by atoms with van der Waals surface area (Å²) in [6.07, 6.45) is -11.4. The summed E-state index contributed by atoms with van der Waals surface area (Å²) in [4.78, 5) is 29.1. The number of carbonyl (C=O) groups excluding carboxylic acids is 1. The number of amides is 1. The van der Waals surface area contributed by atoms with Crippen molar-refractivity contribution in [3.8, 4) is 17.2 Å². The first kappa shape index (κ1) is 26.7. The van der Waals surface area contributed by atoms with Gasteiger partial charge in [0.05, 0.1) is 17.8 Å². The van der Waals surface area contributed by atoms with Gasteiger partial charge in [-0.1, -0.05) is 5.16 Å². The van der Waals surface area contributed by atoms with Gasteiger partial charge in [0.2, 0.25) is 12.1 Å². The zero-order valence-corrected chi connectivity index (χ0v) is 19.2. The van der Waals surface area contributed by atoms with Crippen LogP contribution in [0.25, 0.3) is 11.5 Å². The van der Waals surface area contributed by atoms with Crippen molar-refractivity contribution >= 4 is 11.9 Å². The smallest absolute Gasteiger partial charge is 0.335 e. The number of nitrogens with zero attached hydrogens (tertiary/aromatic N) is 3. The van der Waals surface area contributed by atoms with Crippen molar-refractivity contribution in [1.29, 1.82) is 0 Å². The predicted molar refractivity (Wildman–Crippen MR) is 110 cm³/mol. The van der Waals surface area contributed by atoms with Crippen LogP contribution in [-0.4, -0.2) is 103 Å². The minimum absolute atomic E-state index is 0.214. The van der Waals surface area contributed by atoms with E-state index in [0.29, 0.717) is 6.07 Å². The summed E-state index contributed by atoms with van der Waals surface area (Å²) >= 11 is 0. The van der Waals surface area contributed by atoms with Crippen LogP contribution in [0.15, 0.2) is 10.6 Å². The molecule has 0 spiro atoms. The molecule has 3 heterocycles. The average molecular weight is 533 g/mol. The molecule has 0 bridgehead atoms. The molecule has 2 aliphatic rings. The molecule has 2 aromatic rings. The van der Waals surface area contributed by atoms with Gasteiger partial charge in [0, 0.05) is 13.1 Å². The molecule has 0 radical (unpaired) electrons. The zero-order chi connectivity index (χ0) is 27.2. The van der Waals surface area contributed by atoms with Gasteiger partial charge in [-0.25, -0.2) is 13.6 Å². The first-order chi connectivity index (χ1) is 17.4. The third-order valence-corrected chi connectivity index (χ3v) is 5.72. The second-order valence-corrected chi connectivity index (χ2v) is 8.61. The Balaban J connectivity index is 1.62. The number of carbonyl (C=O) groups is 2. The summed E-state index contributed by atoms with van der Waals surface area (Å²) in [7, 11) is 0. The number of rotatable bonds is 5. The molecule has 7 atom stereocenters. The fourth-order valence-electron chi connectivity index (χ4n) is 4.01. The van der Waals surface area contributed by atoms with E-state index in [2.05, 4.69) is 10.1 Å². The van der Waals surface area contributed by atoms with Crippen molar-refractivity contribution in [2.24, 2.45) is 0 Å². The quantitative estimate of drug-likeness (QED) is 0.368. The number of carboxylic acid groups (broad SMARTS) is 1. The molecule has 13 nitrogen and oxygen atoms in total. The second kappa shape index (κ2) is 10.2. The summed E-state index contributed by atoms with van der Waals surface area (Å²) in [6, 6.07) is 0.356. The fourth-order valence-corrected chi connectivity index (χ4v) is 4.01. The van der Waals surface area contributed by atoms with E-state index in [0.717, 1.165) is 0 Å². The lowest BCUT2D eigenvalue weighted by atomic mass is 9.99. The normalized spacial score (nSPS) is 30.3. The number of ether oxygens (including phenoxy) is 3. The highest BCUT2D eigenvalue weighted by Gasteiger charge is 2.48. The number of aliphatic carboxylic acids is 1. The van der Waals surface area contributed by atoms with E-state index >= 15 is 4.39 Å². The van der Waals surface area contributed by atoms with Gasteiger partial charge < -0.3 is 44.1 Å². The maximum absolute atomic E-state index is 15.2. The Morgan fingerprint density at radius 2 is 1.68 bits per heavy atom. The van der Waals surface area contributed by atoms with Crippen LogP contribution in [0.4, 0.5) is 13.2 Å². The zero-order valence-electron chi connectivity index (χ0n) is 19.2. The molecule has 0 aliphatic carbocycles. The molecule has 0 saturated carbocycles. The van der Waals surface area contributed by atoms with Crippen LogP contribution in [0.3, 0.4) is 0 Å². The van der Waals surface area contributed by atoms with E-state index in [9.17, 15) is 33.7 Å². The lowest BCUT2D eigenvalue weighted by Gasteiger charge is -2.38. The van der Waals surface area contributed by atoms with Gasteiger partial charge in [0.1, 0.15) is 18.3 Å². The van der Waals surface area contributed by atoms with Crippen molar-refractivity contribution in [2.75, 3.05) is 13.1 Å². The molecule has 4 rings (SSSR count). The number of hydrogen-bond acceptors (Lipinski definition) is 11. The second-order valence-electron chi connectivity index (χ2n) is 8.61. The number of benzene rings is 1. The molecular weight excluding hydrogens is 511 g/mol. The van der Waals surface area contributed by atoms with Gasteiger partial charge in [-0.05, 0) is 19.9 Å². The van der Waals surface area contributed by atoms with Crippen molar-refractivity contribution < 1.29 is 61.9 Å². The van der Waals surface area contributed by atoms with Crippen LogP contribution in [0.2, 0.25) is 0 Å². The first-order valence-corrected chi connectivity index (χ1v) is 10.9. The van der Waals surface area contributed by atoms with Crippen LogP contribution >= 0.6 is 0 Å². The summed E-state index contributed by atoms with van der Waals surface area (Å²) in [5.74, 6) is -10.3. The first-order valence-electron chi connectivity index (χ1n) is 10.9. The molecule has 2 fully saturated rings. The Kier molecular flexibility index (Phi) is 7.38. The summed E-state index contributed by atoms with van der Waals surface area (Å²) in [5.41, 5.74) is -0.829. The minimum atomic E-state index is -2.23. The van der Waals surface area contributed by atoms with Crippen LogP contribution in [0.1, 0.15) is 24.5 Å². The maximum Gasteiger partial charge on any atom is 0.335 e. The van der Waals surface area contributed by atoms with Crippen molar-refractivity contribution in [2.45, 2.75) is 56.8 Å². The number of aromatic nitrogens is 2. The summed E-state index contributed by atoms with van der Waals surface area (Å²) in [6.45, 7) is 3.93. The Morgan fingerprint density at radius 1 is 1.03 bits per heavy atom. The molecule has 37 heavy (non-hydrogen) atoms. The van der Waals surface area contributed by atoms with Gasteiger partial charge in [-0.15, -0.1) is 0 Å². The number of halogens is 3. The van der Waals surface area contributed by atoms with Crippen LogP contribution in [-0.2, 0) is 14.3 Å². The number of hydrogen-bond donors (Lipinski definition) is 4. The lowest BCUT2D eigenvalue weighted by Crippen LogP contribution is -2.61. The largest absolute Gasteiger partial charge is 0.479 e. The van der Waals surface area contributed by atoms with Gasteiger partial charge in [-0.2, -0.15) is 9.37 Å². The Morgan fingerprint density at radius 3 is 2.30 bits per heavy atom. The molecule has 1 aromatic heterocycles. The molecule has 0 unspecified atom stereocenters. The lowest BCUT2D eigenvalue weighted by molar-refractivity contribution is -0.271. The van der Waals surface area contributed by atoms with E-state index in [1.165, 1.54) is 4.90 Å². The topological polar surface area (TPSA) is 185 Å². The predicted octanol–water partition coefficient (Wildman–Crippen LogP) is -0.326. The van der Waals surface area contributed by atoms with Gasteiger partial charge >= 0.3 is 5.97 Å². The van der Waals surface area contributed by atoms with Crippen molar-refractivity contribution in [3.63, 3.8) is 0 Å². The standard InChI is InChI=1S/C21H22F3N3O10/c1-6-4-27(5-7(2)34-6)19(31)17-25-18(37-26-17)8-3-9(22)11(24)15(10(8)23)35-21-14(30)12(28)13(29)16(36-21)20(32)33/h3,6-7,12-14,16,21,28-30H,4-5H2,1-2H3,(H,32,33)/t6-,7+,12-,13-,14+,16-,21+/m0/s1. The highest BCUT2D eigenvalue weighted by atomic mass is 19.2. The highest BCUT2D eigenvalue weighted by molar-refractivity contribution is 5.90. The molecule has 1 aromatic carbocycles. The van der Waals surface area contributed by atoms with Crippen molar-refractivity contribution in [1.82, 2.24) is 15.0 Å². The van der Waals surface area contributed by atoms with E-state index in [1.807, 2.05) is 0 Å². The van der Waals surface area contributed by atoms with Crippen molar-refractivity contribution in [3.05, 3.63) is 29.3 Å². The van der Waals surface area contributed by atoms with Gasteiger partial charge in [-0.3, -0.25) is 4.79 Å². The number of carboxylic acids is 1. The minimum Gasteiger partial charge on any atom is -0.479 e. The molecule has 2 saturated heterocycles. The van der Waals surface area contributed by atoms with Crippen LogP contribution < -0.4 is 4.74 Å². The van der Waals surface area contributed by atoms with Gasteiger partial charge in [0.25, 0.3) is 17.6 Å². The van der Waals surface area contributed by atoms with E-state index in [-0.39, 0.29) is 25.3 Å². The Bertz CT molecular complexity index is 1190. The van der Waals surface area contributed by atoms with Crippen LogP contribution in [0, 0.1) is 17.5 Å². The SMILES string of the molecule is C[C@@H]1CN(C(=O)c2noc(-c3cc(F)c(F)c(O[C@@H]4O[C@H](C(=O)O)[C@@H](O)[C@H](O)[C@H]4O)c3F)n2)C[C@H](C)O1. The Hall–Kier alpha value is -3.31. The third kappa shape index (κ3) is 5.10. The number of aliphatic hydroxyl groups is 3. The van der Waals surface area contributed by atoms with Crippen LogP contribution in [0.5, 0.6) is 5.75 Å². The monoisotopic (exact) mass is 533 g/mol. The van der Waals surface area contributed by atoms with E-state index < -0.39 is 83.1 Å². The molecule has 16 heteroatoms. The van der Waals surface area contributed by atoms with Gasteiger partial charge in [0.15, 0.2) is 23.5 Å². The number of aliphatic hydroxyl groups excluding tert-OH is 3. The highest BCUT2D eigenvalue weighted by Crippen LogP contribution is 2.35. The molecule has 1 amide bonds. The number of morpholine rings is 1. The Labute approximate surface area is 206 Å². The molecule has 4 N–H and O–H groups in total. The van der Waals surface area contributed by atoms with E-state index in [4.69, 9.17) is 23.8 Å². The summed E-state index contributed by atoms with van der Waals surface area (Å²) < 4.78 is 64.2. The maximum atomic E-state index is 15.2. The summed E-state index contributed by atoms with van der Waals surface area (Å²) in [5, 5.41) is 42.2. The average Bonchev–Trinajstić information content (AvgIpc) is 3.32. The van der Waals surface area contributed by atoms with E-state index in [1.54, 1.807) is 13.8 Å².